The number of para-hydroxylation sites is 3. The molecule has 0 amide bonds. The molecule has 2 aromatic heterocycles. The van der Waals surface area contributed by atoms with E-state index in [0.717, 1.165) is 17.1 Å². The number of benzene rings is 9. The van der Waals surface area contributed by atoms with Gasteiger partial charge in [0, 0.05) is 59.0 Å². The predicted octanol–water partition coefficient (Wildman–Crippen LogP) is 16.3. The third-order valence-electron chi connectivity index (χ3n) is 12.8. The minimum Gasteiger partial charge on any atom is -0.310 e. The number of rotatable bonds is 6. The van der Waals surface area contributed by atoms with Gasteiger partial charge in [-0.3, -0.25) is 0 Å². The molecule has 0 saturated carbocycles. The van der Waals surface area contributed by atoms with E-state index in [2.05, 4.69) is 230 Å². The standard InChI is InChI=1S/C57H40N2S/c1-57(2)50-20-10-6-17-44(50)45-32-30-42(36-51(45)57)58(52-21-11-7-16-43(52)39-26-31-48-47-19-9-13-23-55(47)60-56(48)35-39)41-28-24-37(25-29-41)38-27-33-54-49(34-38)46-18-8-12-22-53(46)59(54)40-14-4-3-5-15-40/h3-36H,1-2H3. The van der Waals surface area contributed by atoms with Gasteiger partial charge in [-0.15, -0.1) is 11.3 Å². The van der Waals surface area contributed by atoms with Gasteiger partial charge in [0.2, 0.25) is 0 Å². The van der Waals surface area contributed by atoms with Crippen molar-refractivity contribution in [3.8, 4) is 39.1 Å². The number of hydrogen-bond acceptors (Lipinski definition) is 2. The topological polar surface area (TPSA) is 8.17 Å². The van der Waals surface area contributed by atoms with Gasteiger partial charge in [-0.25, -0.2) is 0 Å². The fourth-order valence-electron chi connectivity index (χ4n) is 9.88. The lowest BCUT2D eigenvalue weighted by atomic mass is 9.82. The van der Waals surface area contributed by atoms with Gasteiger partial charge < -0.3 is 9.47 Å². The first kappa shape index (κ1) is 34.8. The van der Waals surface area contributed by atoms with Crippen LogP contribution in [0.5, 0.6) is 0 Å². The molecule has 0 atom stereocenters. The van der Waals surface area contributed by atoms with Crippen LogP contribution in [-0.2, 0) is 5.41 Å². The number of nitrogens with zero attached hydrogens (tertiary/aromatic N) is 2. The van der Waals surface area contributed by atoms with Gasteiger partial charge in [0.05, 0.1) is 16.7 Å². The molecule has 0 saturated heterocycles. The molecule has 0 spiro atoms. The Kier molecular flexibility index (Phi) is 7.79. The molecule has 1 aliphatic carbocycles. The Morgan fingerprint density at radius 2 is 1.03 bits per heavy atom. The van der Waals surface area contributed by atoms with Crippen molar-refractivity contribution in [2.24, 2.45) is 0 Å². The summed E-state index contributed by atoms with van der Waals surface area (Å²) in [7, 11) is 0. The van der Waals surface area contributed by atoms with E-state index in [1.807, 2.05) is 11.3 Å². The highest BCUT2D eigenvalue weighted by molar-refractivity contribution is 7.25. The first-order valence-corrected chi connectivity index (χ1v) is 21.6. The average Bonchev–Trinajstić information content (AvgIpc) is 3.92. The molecule has 1 aliphatic rings. The molecule has 284 valence electrons. The Labute approximate surface area is 353 Å². The van der Waals surface area contributed by atoms with Gasteiger partial charge in [-0.05, 0) is 112 Å². The summed E-state index contributed by atoms with van der Waals surface area (Å²) in [5, 5.41) is 5.14. The van der Waals surface area contributed by atoms with Gasteiger partial charge in [0.25, 0.3) is 0 Å². The Balaban J connectivity index is 1.00. The second-order valence-electron chi connectivity index (χ2n) is 16.5. The van der Waals surface area contributed by atoms with E-state index < -0.39 is 0 Å². The molecule has 0 N–H and O–H groups in total. The van der Waals surface area contributed by atoms with Gasteiger partial charge in [-0.2, -0.15) is 0 Å². The Hall–Kier alpha value is -7.20. The molecular weight excluding hydrogens is 745 g/mol. The molecular formula is C57H40N2S. The maximum absolute atomic E-state index is 2.46. The van der Waals surface area contributed by atoms with E-state index >= 15 is 0 Å². The third kappa shape index (κ3) is 5.33. The van der Waals surface area contributed by atoms with Crippen molar-refractivity contribution >= 4 is 70.4 Å². The monoisotopic (exact) mass is 784 g/mol. The summed E-state index contributed by atoms with van der Waals surface area (Å²) in [6.07, 6.45) is 0. The fourth-order valence-corrected chi connectivity index (χ4v) is 11.0. The lowest BCUT2D eigenvalue weighted by molar-refractivity contribution is 0.660. The molecule has 12 rings (SSSR count). The fraction of sp³-hybridized carbons (Fsp3) is 0.0526. The zero-order valence-electron chi connectivity index (χ0n) is 33.4. The number of hydrogen-bond donors (Lipinski definition) is 0. The number of anilines is 3. The van der Waals surface area contributed by atoms with E-state index in [1.165, 1.54) is 92.2 Å². The molecule has 60 heavy (non-hydrogen) atoms. The second-order valence-corrected chi connectivity index (χ2v) is 17.6. The van der Waals surface area contributed by atoms with Gasteiger partial charge >= 0.3 is 0 Å². The van der Waals surface area contributed by atoms with Gasteiger partial charge in [0.15, 0.2) is 0 Å². The normalized spacial score (nSPS) is 13.0. The quantitative estimate of drug-likeness (QED) is 0.163. The summed E-state index contributed by atoms with van der Waals surface area (Å²) < 4.78 is 5.00. The van der Waals surface area contributed by atoms with Crippen molar-refractivity contribution in [1.82, 2.24) is 4.57 Å². The van der Waals surface area contributed by atoms with E-state index in [1.54, 1.807) is 0 Å². The van der Waals surface area contributed by atoms with Gasteiger partial charge in [-0.1, -0.05) is 147 Å². The van der Waals surface area contributed by atoms with Crippen LogP contribution in [0.4, 0.5) is 17.1 Å². The van der Waals surface area contributed by atoms with Crippen molar-refractivity contribution in [3.05, 3.63) is 217 Å². The maximum Gasteiger partial charge on any atom is 0.0541 e. The van der Waals surface area contributed by atoms with E-state index in [-0.39, 0.29) is 5.41 Å². The summed E-state index contributed by atoms with van der Waals surface area (Å²) in [6, 6.07) is 76.1. The highest BCUT2D eigenvalue weighted by Crippen LogP contribution is 2.51. The van der Waals surface area contributed by atoms with Crippen LogP contribution in [-0.4, -0.2) is 4.57 Å². The number of thiophene rings is 1. The van der Waals surface area contributed by atoms with Crippen LogP contribution < -0.4 is 4.90 Å². The van der Waals surface area contributed by atoms with E-state index in [0.29, 0.717) is 0 Å². The van der Waals surface area contributed by atoms with Crippen LogP contribution in [0.2, 0.25) is 0 Å². The Morgan fingerprint density at radius 3 is 1.90 bits per heavy atom. The second kappa shape index (κ2) is 13.4. The molecule has 11 aromatic rings. The maximum atomic E-state index is 2.46. The molecule has 9 aromatic carbocycles. The van der Waals surface area contributed by atoms with Crippen molar-refractivity contribution in [2.45, 2.75) is 19.3 Å². The highest BCUT2D eigenvalue weighted by Gasteiger charge is 2.36. The van der Waals surface area contributed by atoms with Crippen LogP contribution in [0.15, 0.2) is 206 Å². The molecule has 0 bridgehead atoms. The first-order valence-electron chi connectivity index (χ1n) is 20.8. The van der Waals surface area contributed by atoms with Crippen LogP contribution >= 0.6 is 11.3 Å². The molecule has 2 heterocycles. The summed E-state index contributed by atoms with van der Waals surface area (Å²) >= 11 is 1.87. The lowest BCUT2D eigenvalue weighted by Crippen LogP contribution is -2.16. The summed E-state index contributed by atoms with van der Waals surface area (Å²) in [4.78, 5) is 2.46. The van der Waals surface area contributed by atoms with Crippen molar-refractivity contribution in [2.75, 3.05) is 4.90 Å². The summed E-state index contributed by atoms with van der Waals surface area (Å²) in [6.45, 7) is 4.73. The predicted molar refractivity (Wildman–Crippen MR) is 257 cm³/mol. The van der Waals surface area contributed by atoms with Crippen LogP contribution in [0.1, 0.15) is 25.0 Å². The SMILES string of the molecule is CC1(C)c2ccccc2-c2ccc(N(c3ccc(-c4ccc5c(c4)c4ccccc4n5-c4ccccc4)cc3)c3ccccc3-c3ccc4c(c3)sc3ccccc34)cc21. The smallest absolute Gasteiger partial charge is 0.0541 e. The zero-order chi connectivity index (χ0) is 40.0. The van der Waals surface area contributed by atoms with Crippen LogP contribution in [0, 0.1) is 0 Å². The lowest BCUT2D eigenvalue weighted by Gasteiger charge is -2.30. The van der Waals surface area contributed by atoms with Crippen LogP contribution in [0.3, 0.4) is 0 Å². The highest BCUT2D eigenvalue weighted by atomic mass is 32.1. The first-order chi connectivity index (χ1) is 29.5. The molecule has 0 unspecified atom stereocenters. The molecule has 0 radical (unpaired) electrons. The minimum absolute atomic E-state index is 0.120. The van der Waals surface area contributed by atoms with Gasteiger partial charge in [0.1, 0.15) is 0 Å². The van der Waals surface area contributed by atoms with E-state index in [4.69, 9.17) is 0 Å². The Bertz CT molecular complexity index is 3460. The zero-order valence-corrected chi connectivity index (χ0v) is 34.2. The molecule has 2 nitrogen and oxygen atoms in total. The third-order valence-corrected chi connectivity index (χ3v) is 13.9. The number of fused-ring (bicyclic) bond motifs is 9. The minimum atomic E-state index is -0.120. The molecule has 0 aliphatic heterocycles. The number of aromatic nitrogens is 1. The largest absolute Gasteiger partial charge is 0.310 e. The van der Waals surface area contributed by atoms with Crippen molar-refractivity contribution < 1.29 is 0 Å². The molecule has 3 heteroatoms. The summed E-state index contributed by atoms with van der Waals surface area (Å²) in [5.74, 6) is 0. The molecule has 0 fully saturated rings. The van der Waals surface area contributed by atoms with Crippen molar-refractivity contribution in [1.29, 1.82) is 0 Å². The van der Waals surface area contributed by atoms with Crippen LogP contribution in [0.25, 0.3) is 81.0 Å². The Morgan fingerprint density at radius 1 is 0.400 bits per heavy atom. The van der Waals surface area contributed by atoms with Crippen molar-refractivity contribution in [3.63, 3.8) is 0 Å². The average molecular weight is 785 g/mol. The summed E-state index contributed by atoms with van der Waals surface area (Å²) in [5.41, 5.74) is 17.1. The van der Waals surface area contributed by atoms with E-state index in [9.17, 15) is 0 Å².